The second-order valence-electron chi connectivity index (χ2n) is 21.0. The number of Topliss-reactive ketones (excluding diaryl/α,β-unsaturated/α-hetero) is 2. The molecule has 8 aromatic rings. The first-order valence-corrected chi connectivity index (χ1v) is 25.0. The molecule has 2 aromatic carbocycles. The summed E-state index contributed by atoms with van der Waals surface area (Å²) in [5.41, 5.74) is 11.6. The first-order valence-electron chi connectivity index (χ1n) is 25.0. The van der Waals surface area contributed by atoms with Crippen LogP contribution in [0.25, 0.3) is 22.5 Å². The maximum Gasteiger partial charge on any atom is 0.166 e. The maximum atomic E-state index is 12.7. The highest BCUT2D eigenvalue weighted by atomic mass is 16.1. The molecule has 0 bridgehead atoms. The monoisotopic (exact) mass is 983 g/mol. The lowest BCUT2D eigenvalue weighted by Crippen LogP contribution is -2.30. The molecule has 0 unspecified atom stereocenters. The number of carbonyl (C=O) groups excluding carboxylic acids is 2. The van der Waals surface area contributed by atoms with E-state index in [9.17, 15) is 9.59 Å². The van der Waals surface area contributed by atoms with Crippen molar-refractivity contribution in [1.82, 2.24) is 69.3 Å². The molecule has 3 N–H and O–H groups in total. The van der Waals surface area contributed by atoms with Gasteiger partial charge in [0.05, 0.1) is 70.5 Å². The number of nitrogens with one attached hydrogen (secondary N) is 3. The van der Waals surface area contributed by atoms with Gasteiger partial charge in [0.2, 0.25) is 0 Å². The molecule has 0 radical (unpaired) electrons. The summed E-state index contributed by atoms with van der Waals surface area (Å²) in [6.07, 6.45) is 12.4. The minimum atomic E-state index is -0.142. The molecule has 0 fully saturated rings. The molecule has 0 amide bonds. The molecule has 378 valence electrons. The minimum absolute atomic E-state index is 0.109. The van der Waals surface area contributed by atoms with Gasteiger partial charge in [-0.05, 0) is 110 Å². The number of nitrogens with zero attached hydrogens (tertiary/aromatic N) is 13. The molecule has 73 heavy (non-hydrogen) atoms. The third-order valence-corrected chi connectivity index (χ3v) is 13.2. The summed E-state index contributed by atoms with van der Waals surface area (Å²) in [6.45, 7) is 21.9. The van der Waals surface area contributed by atoms with Crippen LogP contribution < -0.4 is 16.0 Å². The second-order valence-corrected chi connectivity index (χ2v) is 21.0. The van der Waals surface area contributed by atoms with Crippen molar-refractivity contribution in [3.8, 4) is 22.5 Å². The van der Waals surface area contributed by atoms with E-state index in [0.29, 0.717) is 48.4 Å². The summed E-state index contributed by atoms with van der Waals surface area (Å²) in [4.78, 5) is 45.5. The van der Waals surface area contributed by atoms with Gasteiger partial charge in [0, 0.05) is 86.8 Å². The van der Waals surface area contributed by atoms with Gasteiger partial charge < -0.3 is 16.0 Å². The molecule has 2 aliphatic heterocycles. The number of hydrogen-bond donors (Lipinski definition) is 3. The fourth-order valence-corrected chi connectivity index (χ4v) is 8.87. The van der Waals surface area contributed by atoms with Gasteiger partial charge in [-0.3, -0.25) is 33.2 Å². The van der Waals surface area contributed by atoms with Crippen molar-refractivity contribution in [3.05, 3.63) is 143 Å². The average molecular weight is 983 g/mol. The Hall–Kier alpha value is -7.70. The fraction of sp³-hybridized carbons (Fsp3) is 0.382. The Kier molecular flexibility index (Phi) is 14.6. The number of ketones is 2. The number of rotatable bonds is 14. The largest absolute Gasteiger partial charge is 0.323 e. The van der Waals surface area contributed by atoms with Crippen molar-refractivity contribution in [3.63, 3.8) is 0 Å². The van der Waals surface area contributed by atoms with Crippen molar-refractivity contribution >= 4 is 34.8 Å². The van der Waals surface area contributed by atoms with Gasteiger partial charge in [0.25, 0.3) is 0 Å². The zero-order valence-corrected chi connectivity index (χ0v) is 43.4. The van der Waals surface area contributed by atoms with Crippen LogP contribution in [0.2, 0.25) is 0 Å². The van der Waals surface area contributed by atoms with E-state index in [4.69, 9.17) is 0 Å². The fourth-order valence-electron chi connectivity index (χ4n) is 8.87. The molecule has 0 atom stereocenters. The van der Waals surface area contributed by atoms with E-state index in [0.717, 1.165) is 101 Å². The van der Waals surface area contributed by atoms with E-state index in [1.165, 1.54) is 5.69 Å². The molecule has 0 saturated carbocycles. The van der Waals surface area contributed by atoms with E-state index in [1.54, 1.807) is 25.0 Å². The topological polar surface area (TPSA) is 196 Å². The number of anilines is 4. The van der Waals surface area contributed by atoms with Crippen LogP contribution in [0.1, 0.15) is 109 Å². The summed E-state index contributed by atoms with van der Waals surface area (Å²) < 4.78 is 7.74. The highest BCUT2D eigenvalue weighted by Crippen LogP contribution is 2.28. The minimum Gasteiger partial charge on any atom is -0.323 e. The number of hydrogen-bond acceptors (Lipinski definition) is 14. The Morgan fingerprint density at radius 2 is 1.10 bits per heavy atom. The normalized spacial score (nSPS) is 13.7. The Morgan fingerprint density at radius 1 is 0.603 bits per heavy atom. The Labute approximate surface area is 426 Å². The Morgan fingerprint density at radius 3 is 1.56 bits per heavy atom. The molecular weight excluding hydrogens is 917 g/mol. The van der Waals surface area contributed by atoms with Crippen LogP contribution in [-0.4, -0.2) is 95.7 Å². The predicted octanol–water partition coefficient (Wildman–Crippen LogP) is 8.87. The van der Waals surface area contributed by atoms with Crippen LogP contribution in [0.5, 0.6) is 0 Å². The predicted molar refractivity (Wildman–Crippen MR) is 283 cm³/mol. The van der Waals surface area contributed by atoms with E-state index in [-0.39, 0.29) is 22.6 Å². The molecule has 8 heterocycles. The van der Waals surface area contributed by atoms with Crippen LogP contribution in [-0.2, 0) is 50.1 Å². The average Bonchev–Trinajstić information content (AvgIpc) is 4.20. The quantitative estimate of drug-likeness (QED) is 0.0874. The second kappa shape index (κ2) is 21.2. The lowest BCUT2D eigenvalue weighted by molar-refractivity contribution is 0.0974. The molecule has 0 aliphatic carbocycles. The smallest absolute Gasteiger partial charge is 0.166 e. The third-order valence-electron chi connectivity index (χ3n) is 13.2. The van der Waals surface area contributed by atoms with Gasteiger partial charge in [-0.1, -0.05) is 24.3 Å². The molecule has 0 spiro atoms. The Balaban J connectivity index is 0.000000180. The van der Waals surface area contributed by atoms with E-state index >= 15 is 0 Å². The number of likely N-dealkylation sites (N-methyl/N-ethyl adjacent to an activating group) is 1. The molecule has 2 aliphatic rings. The summed E-state index contributed by atoms with van der Waals surface area (Å²) in [6, 6.07) is 20.5. The number of benzene rings is 2. The van der Waals surface area contributed by atoms with Crippen LogP contribution >= 0.6 is 0 Å². The number of fused-ring (bicyclic) bond motifs is 2. The summed E-state index contributed by atoms with van der Waals surface area (Å²) in [7, 11) is 2.12. The number of carbonyl (C=O) groups is 2. The molecular formula is C55H66N16O2. The SMILES string of the molecule is Cc1cc(-c2cc(Nc3cc4n(n3)CCN(C)C4)ncn2)ccc1CCC(=O)c1cnn(C(C)(C)C)c1.Cc1cc(-c2cc(Nc3cc4n(n3)CCNC4)ncn2)ccc1CCC(=O)c1cnn(C(C)(C)C)c1. The molecule has 6 aromatic heterocycles. The third kappa shape index (κ3) is 12.3. The molecule has 18 nitrogen and oxygen atoms in total. The van der Waals surface area contributed by atoms with Crippen molar-refractivity contribution in [2.45, 2.75) is 118 Å². The standard InChI is InChI=1S/C28H34N8O.C27H32N8O/c1-19-12-21(7-6-20(19)8-9-25(37)22-15-31-36(16-22)28(2,3)4)24-14-26(30-18-29-24)32-27-13-23-17-34(5)10-11-35(23)33-27;1-18-11-20(6-5-19(18)7-8-24(36)21-14-31-35(16-21)27(2,3)4)23-13-25(30-17-29-23)32-26-12-22-15-28-9-10-34(22)33-26/h6-7,12-16,18H,8-11,17H2,1-5H3,(H,29,30,32,33);5-6,11-14,16-17,28H,7-10,15H2,1-4H3,(H,29,30,32,33). The van der Waals surface area contributed by atoms with Gasteiger partial charge in [0.15, 0.2) is 23.2 Å². The maximum absolute atomic E-state index is 12.7. The molecule has 10 rings (SSSR count). The van der Waals surface area contributed by atoms with Gasteiger partial charge in [-0.2, -0.15) is 20.4 Å². The summed E-state index contributed by atoms with van der Waals surface area (Å²) in [5.74, 6) is 3.19. The Bertz CT molecular complexity index is 3230. The van der Waals surface area contributed by atoms with Crippen molar-refractivity contribution in [1.29, 1.82) is 0 Å². The number of aryl methyl sites for hydroxylation is 4. The van der Waals surface area contributed by atoms with Crippen LogP contribution in [0.15, 0.2) is 98.1 Å². The highest BCUT2D eigenvalue weighted by Gasteiger charge is 2.20. The van der Waals surface area contributed by atoms with Gasteiger partial charge in [0.1, 0.15) is 24.3 Å². The number of aromatic nitrogens is 12. The van der Waals surface area contributed by atoms with E-state index < -0.39 is 0 Å². The van der Waals surface area contributed by atoms with Crippen molar-refractivity contribution in [2.24, 2.45) is 0 Å². The molecule has 0 saturated heterocycles. The molecule has 18 heteroatoms. The first-order chi connectivity index (χ1) is 34.9. The van der Waals surface area contributed by atoms with Gasteiger partial charge in [-0.25, -0.2) is 19.9 Å². The highest BCUT2D eigenvalue weighted by molar-refractivity contribution is 5.96. The van der Waals surface area contributed by atoms with Crippen molar-refractivity contribution in [2.75, 3.05) is 30.8 Å². The lowest BCUT2D eigenvalue weighted by Gasteiger charge is -2.22. The van der Waals surface area contributed by atoms with Gasteiger partial charge in [-0.15, -0.1) is 0 Å². The first kappa shape index (κ1) is 50.2. The summed E-state index contributed by atoms with van der Waals surface area (Å²) in [5, 5.41) is 28.0. The summed E-state index contributed by atoms with van der Waals surface area (Å²) >= 11 is 0. The van der Waals surface area contributed by atoms with Gasteiger partial charge >= 0.3 is 0 Å². The lowest BCUT2D eigenvalue weighted by atomic mass is 9.98. The van der Waals surface area contributed by atoms with Crippen LogP contribution in [0.4, 0.5) is 23.3 Å². The van der Waals surface area contributed by atoms with Crippen molar-refractivity contribution < 1.29 is 9.59 Å². The zero-order chi connectivity index (χ0) is 51.4. The van der Waals surface area contributed by atoms with E-state index in [1.807, 2.05) is 49.3 Å². The zero-order valence-electron chi connectivity index (χ0n) is 43.4. The van der Waals surface area contributed by atoms with Crippen LogP contribution in [0.3, 0.4) is 0 Å². The van der Waals surface area contributed by atoms with Crippen LogP contribution in [0, 0.1) is 13.8 Å². The van der Waals surface area contributed by atoms with E-state index in [2.05, 4.69) is 166 Å².